The zero-order valence-electron chi connectivity index (χ0n) is 20.7. The predicted octanol–water partition coefficient (Wildman–Crippen LogP) is 7.46. The summed E-state index contributed by atoms with van der Waals surface area (Å²) in [5.74, 6) is 2.43. The average Bonchev–Trinajstić information content (AvgIpc) is 3.45. The fourth-order valence-electron chi connectivity index (χ4n) is 3.64. The largest absolute Gasteiger partial charge is 0.483 e. The van der Waals surface area contributed by atoms with Crippen LogP contribution in [0.5, 0.6) is 5.75 Å². The second-order valence-corrected chi connectivity index (χ2v) is 11.2. The van der Waals surface area contributed by atoms with Gasteiger partial charge in [-0.2, -0.15) is 0 Å². The second kappa shape index (κ2) is 10.3. The molecule has 0 aliphatic heterocycles. The standard InChI is InChI=1S/C27H32N4OS2/c1-7-31-24(19(3)32-23-14-12-21(13-15-23)27(4,5)6)29-30-26(31)34-17-22-16-33-25(28-22)20-10-8-18(2)9-11-20/h8-16,19H,7,17H2,1-6H3. The molecule has 0 bridgehead atoms. The van der Waals surface area contributed by atoms with Gasteiger partial charge >= 0.3 is 0 Å². The number of aryl methyl sites for hydroxylation is 1. The number of aromatic nitrogens is 4. The lowest BCUT2D eigenvalue weighted by Gasteiger charge is -2.20. The van der Waals surface area contributed by atoms with Gasteiger partial charge in [0.2, 0.25) is 0 Å². The van der Waals surface area contributed by atoms with Gasteiger partial charge in [0.1, 0.15) is 10.8 Å². The highest BCUT2D eigenvalue weighted by Crippen LogP contribution is 2.30. The van der Waals surface area contributed by atoms with E-state index >= 15 is 0 Å². The Kier molecular flexibility index (Phi) is 7.43. The molecule has 0 aliphatic carbocycles. The van der Waals surface area contributed by atoms with Crippen molar-refractivity contribution >= 4 is 23.1 Å². The first-order valence-electron chi connectivity index (χ1n) is 11.6. The molecule has 0 saturated heterocycles. The summed E-state index contributed by atoms with van der Waals surface area (Å²) in [7, 11) is 0. The van der Waals surface area contributed by atoms with Crippen LogP contribution in [-0.2, 0) is 17.7 Å². The van der Waals surface area contributed by atoms with Crippen LogP contribution in [0.1, 0.15) is 63.4 Å². The van der Waals surface area contributed by atoms with Crippen molar-refractivity contribution < 1.29 is 4.74 Å². The van der Waals surface area contributed by atoms with Crippen molar-refractivity contribution in [3.8, 4) is 16.3 Å². The van der Waals surface area contributed by atoms with E-state index in [0.717, 1.165) is 45.3 Å². The monoisotopic (exact) mass is 492 g/mol. The first kappa shape index (κ1) is 24.5. The van der Waals surface area contributed by atoms with Gasteiger partial charge in [0.15, 0.2) is 17.1 Å². The van der Waals surface area contributed by atoms with Crippen LogP contribution in [0.3, 0.4) is 0 Å². The summed E-state index contributed by atoms with van der Waals surface area (Å²) in [5.41, 5.74) is 4.88. The highest BCUT2D eigenvalue weighted by Gasteiger charge is 2.20. The molecule has 0 spiro atoms. The van der Waals surface area contributed by atoms with Crippen LogP contribution < -0.4 is 4.74 Å². The Morgan fingerprint density at radius 3 is 2.38 bits per heavy atom. The molecule has 4 aromatic rings. The lowest BCUT2D eigenvalue weighted by molar-refractivity contribution is 0.210. The topological polar surface area (TPSA) is 52.8 Å². The minimum absolute atomic E-state index is 0.122. The minimum atomic E-state index is -0.199. The summed E-state index contributed by atoms with van der Waals surface area (Å²) in [6, 6.07) is 16.8. The number of ether oxygens (including phenoxy) is 1. The van der Waals surface area contributed by atoms with Crippen molar-refractivity contribution in [1.82, 2.24) is 19.7 Å². The first-order chi connectivity index (χ1) is 16.2. The molecule has 2 aromatic heterocycles. The lowest BCUT2D eigenvalue weighted by atomic mass is 9.87. The second-order valence-electron chi connectivity index (χ2n) is 9.42. The number of nitrogens with zero attached hydrogens (tertiary/aromatic N) is 4. The zero-order valence-corrected chi connectivity index (χ0v) is 22.3. The summed E-state index contributed by atoms with van der Waals surface area (Å²) in [5, 5.41) is 13.0. The van der Waals surface area contributed by atoms with Crippen LogP contribution in [0.25, 0.3) is 10.6 Å². The van der Waals surface area contributed by atoms with Gasteiger partial charge in [0.05, 0.1) is 5.69 Å². The number of hydrogen-bond donors (Lipinski definition) is 0. The predicted molar refractivity (Wildman–Crippen MR) is 142 cm³/mol. The molecule has 0 saturated carbocycles. The van der Waals surface area contributed by atoms with Crippen LogP contribution in [0, 0.1) is 6.92 Å². The third kappa shape index (κ3) is 5.70. The smallest absolute Gasteiger partial charge is 0.191 e. The molecular formula is C27H32N4OS2. The fraction of sp³-hybridized carbons (Fsp3) is 0.370. The van der Waals surface area contributed by atoms with Gasteiger partial charge in [-0.05, 0) is 43.9 Å². The summed E-state index contributed by atoms with van der Waals surface area (Å²) < 4.78 is 8.34. The summed E-state index contributed by atoms with van der Waals surface area (Å²) >= 11 is 3.34. The summed E-state index contributed by atoms with van der Waals surface area (Å²) in [6.45, 7) is 13.7. The molecule has 2 aromatic carbocycles. The van der Waals surface area contributed by atoms with Gasteiger partial charge in [0.25, 0.3) is 0 Å². The Morgan fingerprint density at radius 1 is 1.03 bits per heavy atom. The maximum absolute atomic E-state index is 6.20. The molecule has 0 fully saturated rings. The Morgan fingerprint density at radius 2 is 1.74 bits per heavy atom. The van der Waals surface area contributed by atoms with E-state index < -0.39 is 0 Å². The van der Waals surface area contributed by atoms with Crippen LogP contribution in [0.2, 0.25) is 0 Å². The van der Waals surface area contributed by atoms with Crippen molar-refractivity contribution in [2.24, 2.45) is 0 Å². The fourth-order valence-corrected chi connectivity index (χ4v) is 5.47. The SMILES string of the molecule is CCn1c(SCc2csc(-c3ccc(C)cc3)n2)nnc1C(C)Oc1ccc(C(C)(C)C)cc1. The van der Waals surface area contributed by atoms with Gasteiger partial charge in [-0.15, -0.1) is 21.5 Å². The van der Waals surface area contributed by atoms with E-state index in [4.69, 9.17) is 9.72 Å². The Hall–Kier alpha value is -2.64. The van der Waals surface area contributed by atoms with Gasteiger partial charge in [-0.1, -0.05) is 74.5 Å². The van der Waals surface area contributed by atoms with Gasteiger partial charge in [-0.25, -0.2) is 4.98 Å². The van der Waals surface area contributed by atoms with E-state index in [-0.39, 0.29) is 11.5 Å². The number of thiazole rings is 1. The highest BCUT2D eigenvalue weighted by molar-refractivity contribution is 7.98. The molecule has 0 amide bonds. The number of benzene rings is 2. The normalized spacial score (nSPS) is 12.6. The number of rotatable bonds is 8. The molecule has 0 aliphatic rings. The maximum Gasteiger partial charge on any atom is 0.191 e. The van der Waals surface area contributed by atoms with Crippen molar-refractivity contribution in [1.29, 1.82) is 0 Å². The molecule has 4 rings (SSSR count). The third-order valence-electron chi connectivity index (χ3n) is 5.66. The van der Waals surface area contributed by atoms with Crippen molar-refractivity contribution in [3.63, 3.8) is 0 Å². The molecule has 7 heteroatoms. The lowest BCUT2D eigenvalue weighted by Crippen LogP contribution is -2.13. The highest BCUT2D eigenvalue weighted by atomic mass is 32.2. The van der Waals surface area contributed by atoms with Crippen LogP contribution in [0.4, 0.5) is 0 Å². The van der Waals surface area contributed by atoms with Crippen molar-refractivity contribution in [2.75, 3.05) is 0 Å². The van der Waals surface area contributed by atoms with Crippen LogP contribution >= 0.6 is 23.1 Å². The molecule has 0 radical (unpaired) electrons. The quantitative estimate of drug-likeness (QED) is 0.239. The molecule has 2 heterocycles. The van der Waals surface area contributed by atoms with E-state index in [2.05, 4.69) is 91.2 Å². The Bertz CT molecular complexity index is 1220. The molecule has 34 heavy (non-hydrogen) atoms. The van der Waals surface area contributed by atoms with Gasteiger partial charge in [-0.3, -0.25) is 0 Å². The molecule has 178 valence electrons. The molecule has 1 atom stereocenters. The maximum atomic E-state index is 6.20. The average molecular weight is 493 g/mol. The van der Waals surface area contributed by atoms with Crippen LogP contribution in [0.15, 0.2) is 59.1 Å². The van der Waals surface area contributed by atoms with E-state index in [1.807, 2.05) is 19.1 Å². The molecule has 1 unspecified atom stereocenters. The van der Waals surface area contributed by atoms with Crippen molar-refractivity contribution in [3.05, 3.63) is 76.6 Å². The Balaban J connectivity index is 1.41. The minimum Gasteiger partial charge on any atom is -0.483 e. The van der Waals surface area contributed by atoms with E-state index in [9.17, 15) is 0 Å². The van der Waals surface area contributed by atoms with E-state index in [0.29, 0.717) is 0 Å². The van der Waals surface area contributed by atoms with E-state index in [1.165, 1.54) is 11.1 Å². The summed E-state index contributed by atoms with van der Waals surface area (Å²) in [4.78, 5) is 4.82. The third-order valence-corrected chi connectivity index (χ3v) is 7.60. The van der Waals surface area contributed by atoms with Gasteiger partial charge < -0.3 is 9.30 Å². The molecule has 0 N–H and O–H groups in total. The van der Waals surface area contributed by atoms with Crippen LogP contribution in [-0.4, -0.2) is 19.7 Å². The molecule has 5 nitrogen and oxygen atoms in total. The molecular weight excluding hydrogens is 460 g/mol. The number of hydrogen-bond acceptors (Lipinski definition) is 6. The number of thioether (sulfide) groups is 1. The Labute approximate surface area is 210 Å². The van der Waals surface area contributed by atoms with Gasteiger partial charge in [0, 0.05) is 23.2 Å². The van der Waals surface area contributed by atoms with E-state index in [1.54, 1.807) is 23.1 Å². The summed E-state index contributed by atoms with van der Waals surface area (Å²) in [6.07, 6.45) is -0.199. The van der Waals surface area contributed by atoms with Crippen molar-refractivity contribution in [2.45, 2.75) is 70.5 Å². The first-order valence-corrected chi connectivity index (χ1v) is 13.5. The zero-order chi connectivity index (χ0) is 24.3.